The van der Waals surface area contributed by atoms with Crippen molar-refractivity contribution in [1.29, 1.82) is 0 Å². The second-order valence-corrected chi connectivity index (χ2v) is 13.5. The van der Waals surface area contributed by atoms with Crippen LogP contribution in [0.3, 0.4) is 0 Å². The molecule has 8 aromatic rings. The number of hydrogen-bond acceptors (Lipinski definition) is 4. The maximum atomic E-state index is 15.3. The number of hydrogen-bond donors (Lipinski definition) is 0. The molecule has 0 spiro atoms. The summed E-state index contributed by atoms with van der Waals surface area (Å²) in [6.45, 7) is 0. The molecule has 3 aromatic heterocycles. The van der Waals surface area contributed by atoms with Gasteiger partial charge in [0, 0.05) is 38.4 Å². The maximum Gasteiger partial charge on any atom is 0.171 e. The quantitative estimate of drug-likeness (QED) is 0.151. The predicted octanol–water partition coefficient (Wildman–Crippen LogP) is 8.30. The van der Waals surface area contributed by atoms with Crippen LogP contribution in [0.4, 0.5) is 0 Å². The first-order valence-corrected chi connectivity index (χ1v) is 16.3. The molecule has 5 aromatic carbocycles. The van der Waals surface area contributed by atoms with E-state index in [1.54, 1.807) is 6.20 Å². The summed E-state index contributed by atoms with van der Waals surface area (Å²) in [4.78, 5) is 14.7. The lowest BCUT2D eigenvalue weighted by Gasteiger charge is -2.22. The van der Waals surface area contributed by atoms with Crippen molar-refractivity contribution < 1.29 is 4.57 Å². The largest absolute Gasteiger partial charge is 0.309 e. The van der Waals surface area contributed by atoms with Crippen LogP contribution in [0.15, 0.2) is 158 Å². The van der Waals surface area contributed by atoms with Gasteiger partial charge in [-0.2, -0.15) is 0 Å². The monoisotopic (exact) mass is 583 g/mol. The molecular formula is C39H26N3OP. The zero-order valence-electron chi connectivity index (χ0n) is 23.7. The Balaban J connectivity index is 1.34. The van der Waals surface area contributed by atoms with E-state index < -0.39 is 7.14 Å². The SMILES string of the molecule is O=P(c1ccccc1)(c1ccccc1)c1ccc(-c2ccc3ccc4ccc(-c5ccccn5)nc4c3n2)c2ccccc12. The Kier molecular flexibility index (Phi) is 6.36. The summed E-state index contributed by atoms with van der Waals surface area (Å²) in [5.41, 5.74) is 5.13. The van der Waals surface area contributed by atoms with Crippen molar-refractivity contribution >= 4 is 55.6 Å². The smallest absolute Gasteiger partial charge is 0.171 e. The van der Waals surface area contributed by atoms with Crippen molar-refractivity contribution in [3.63, 3.8) is 0 Å². The summed E-state index contributed by atoms with van der Waals surface area (Å²) in [6, 6.07) is 50.2. The van der Waals surface area contributed by atoms with Crippen LogP contribution in [0.5, 0.6) is 0 Å². The minimum atomic E-state index is -3.18. The van der Waals surface area contributed by atoms with Crippen LogP contribution >= 0.6 is 7.14 Å². The van der Waals surface area contributed by atoms with Gasteiger partial charge in [-0.15, -0.1) is 0 Å². The molecule has 0 aliphatic carbocycles. The average molecular weight is 584 g/mol. The van der Waals surface area contributed by atoms with Gasteiger partial charge in [0.1, 0.15) is 0 Å². The van der Waals surface area contributed by atoms with E-state index in [9.17, 15) is 0 Å². The molecule has 8 rings (SSSR count). The molecule has 0 aliphatic rings. The summed E-state index contributed by atoms with van der Waals surface area (Å²) in [7, 11) is -3.18. The zero-order valence-corrected chi connectivity index (χ0v) is 24.6. The van der Waals surface area contributed by atoms with Gasteiger partial charge in [-0.05, 0) is 41.1 Å². The number of nitrogens with zero attached hydrogens (tertiary/aromatic N) is 3. The molecule has 0 amide bonds. The zero-order chi connectivity index (χ0) is 29.5. The average Bonchev–Trinajstić information content (AvgIpc) is 3.11. The van der Waals surface area contributed by atoms with Crippen molar-refractivity contribution in [2.45, 2.75) is 0 Å². The van der Waals surface area contributed by atoms with E-state index in [4.69, 9.17) is 9.97 Å². The highest BCUT2D eigenvalue weighted by molar-refractivity contribution is 7.85. The molecule has 0 radical (unpaired) electrons. The molecule has 0 aliphatic heterocycles. The lowest BCUT2D eigenvalue weighted by Crippen LogP contribution is -2.25. The van der Waals surface area contributed by atoms with Crippen molar-refractivity contribution in [1.82, 2.24) is 15.0 Å². The molecule has 0 N–H and O–H groups in total. The van der Waals surface area contributed by atoms with Crippen LogP contribution in [-0.4, -0.2) is 15.0 Å². The number of pyridine rings is 3. The molecule has 4 nitrogen and oxygen atoms in total. The lowest BCUT2D eigenvalue weighted by molar-refractivity contribution is 0.592. The second-order valence-electron chi connectivity index (χ2n) is 10.8. The van der Waals surface area contributed by atoms with Gasteiger partial charge in [-0.1, -0.05) is 121 Å². The normalized spacial score (nSPS) is 11.7. The number of benzene rings is 5. The standard InChI is InChI=1S/C39H26N3OP/c43-44(29-11-3-1-4-12-29,30-13-5-2-6-14-30)37-25-22-32(31-15-7-8-16-33(31)37)34-23-20-27-18-19-28-21-24-36(35-17-9-10-26-40-35)42-39(28)38(27)41-34/h1-26H. The molecule has 208 valence electrons. The Bertz CT molecular complexity index is 2310. The van der Waals surface area contributed by atoms with Crippen LogP contribution in [0.1, 0.15) is 0 Å². The molecule has 0 fully saturated rings. The Labute approximate surface area is 255 Å². The third-order valence-electron chi connectivity index (χ3n) is 8.20. The molecule has 5 heteroatoms. The van der Waals surface area contributed by atoms with E-state index >= 15 is 4.57 Å². The highest BCUT2D eigenvalue weighted by Crippen LogP contribution is 2.45. The van der Waals surface area contributed by atoms with E-state index in [-0.39, 0.29) is 0 Å². The van der Waals surface area contributed by atoms with E-state index in [2.05, 4.69) is 53.5 Å². The third kappa shape index (κ3) is 4.31. The molecule has 44 heavy (non-hydrogen) atoms. The summed E-state index contributed by atoms with van der Waals surface area (Å²) in [6.07, 6.45) is 1.78. The van der Waals surface area contributed by atoms with Gasteiger partial charge in [-0.3, -0.25) is 4.98 Å². The third-order valence-corrected chi connectivity index (χ3v) is 11.3. The molecule has 0 unspecified atom stereocenters. The van der Waals surface area contributed by atoms with Crippen LogP contribution in [-0.2, 0) is 4.57 Å². The predicted molar refractivity (Wildman–Crippen MR) is 183 cm³/mol. The summed E-state index contributed by atoms with van der Waals surface area (Å²) in [5, 5.41) is 6.45. The fourth-order valence-electron chi connectivity index (χ4n) is 6.06. The lowest BCUT2D eigenvalue weighted by atomic mass is 10.0. The van der Waals surface area contributed by atoms with E-state index in [1.165, 1.54) is 0 Å². The molecular weight excluding hydrogens is 557 g/mol. The second kappa shape index (κ2) is 10.7. The Morgan fingerprint density at radius 3 is 1.61 bits per heavy atom. The minimum Gasteiger partial charge on any atom is -0.309 e. The number of aromatic nitrogens is 3. The van der Waals surface area contributed by atoms with Gasteiger partial charge in [0.2, 0.25) is 0 Å². The molecule has 0 saturated carbocycles. The summed E-state index contributed by atoms with van der Waals surface area (Å²) in [5.74, 6) is 0. The molecule has 0 saturated heterocycles. The fourth-order valence-corrected chi connectivity index (χ4v) is 8.92. The Hall–Kier alpha value is -5.44. The van der Waals surface area contributed by atoms with Crippen molar-refractivity contribution in [2.24, 2.45) is 0 Å². The van der Waals surface area contributed by atoms with Gasteiger partial charge in [-0.25, -0.2) is 9.97 Å². The van der Waals surface area contributed by atoms with Gasteiger partial charge >= 0.3 is 0 Å². The van der Waals surface area contributed by atoms with E-state index in [1.807, 2.05) is 103 Å². The van der Waals surface area contributed by atoms with E-state index in [0.717, 1.165) is 71.1 Å². The maximum absolute atomic E-state index is 15.3. The first-order valence-electron chi connectivity index (χ1n) is 14.6. The van der Waals surface area contributed by atoms with Crippen LogP contribution < -0.4 is 15.9 Å². The van der Waals surface area contributed by atoms with Crippen LogP contribution in [0.25, 0.3) is 55.2 Å². The number of rotatable bonds is 5. The summed E-state index contributed by atoms with van der Waals surface area (Å²) < 4.78 is 15.3. The first kappa shape index (κ1) is 26.2. The topological polar surface area (TPSA) is 55.7 Å². The van der Waals surface area contributed by atoms with Gasteiger partial charge in [0.25, 0.3) is 0 Å². The molecule has 3 heterocycles. The summed E-state index contributed by atoms with van der Waals surface area (Å²) >= 11 is 0. The molecule has 0 bridgehead atoms. The fraction of sp³-hybridized carbons (Fsp3) is 0. The Morgan fingerprint density at radius 2 is 0.977 bits per heavy atom. The highest BCUT2D eigenvalue weighted by Gasteiger charge is 2.31. The number of fused-ring (bicyclic) bond motifs is 4. The van der Waals surface area contributed by atoms with Crippen molar-refractivity contribution in [3.05, 3.63) is 158 Å². The molecule has 0 atom stereocenters. The van der Waals surface area contributed by atoms with Gasteiger partial charge < -0.3 is 4.57 Å². The Morgan fingerprint density at radius 1 is 0.432 bits per heavy atom. The van der Waals surface area contributed by atoms with Crippen LogP contribution in [0, 0.1) is 0 Å². The van der Waals surface area contributed by atoms with Crippen molar-refractivity contribution in [2.75, 3.05) is 0 Å². The minimum absolute atomic E-state index is 0.810. The van der Waals surface area contributed by atoms with E-state index in [0.29, 0.717) is 0 Å². The first-order chi connectivity index (χ1) is 21.7. The van der Waals surface area contributed by atoms with Gasteiger partial charge in [0.05, 0.1) is 28.1 Å². The van der Waals surface area contributed by atoms with Crippen LogP contribution in [0.2, 0.25) is 0 Å². The van der Waals surface area contributed by atoms with Crippen molar-refractivity contribution in [3.8, 4) is 22.6 Å². The highest BCUT2D eigenvalue weighted by atomic mass is 31.2. The van der Waals surface area contributed by atoms with Gasteiger partial charge in [0.15, 0.2) is 7.14 Å².